The third kappa shape index (κ3) is 4.00. The van der Waals surface area contributed by atoms with Crippen LogP contribution in [0.4, 0.5) is 11.4 Å². The van der Waals surface area contributed by atoms with Gasteiger partial charge in [0, 0.05) is 15.7 Å². The molecule has 1 heterocycles. The fourth-order valence-electron chi connectivity index (χ4n) is 2.43. The van der Waals surface area contributed by atoms with Crippen molar-refractivity contribution in [1.82, 2.24) is 0 Å². The zero-order chi connectivity index (χ0) is 18.2. The molecule has 0 saturated carbocycles. The molecular formula is C16H14Cl2N2O4S. The highest BCUT2D eigenvalue weighted by molar-refractivity contribution is 7.92. The molecule has 1 amide bonds. The van der Waals surface area contributed by atoms with Gasteiger partial charge in [0.2, 0.25) is 10.0 Å². The van der Waals surface area contributed by atoms with Gasteiger partial charge >= 0.3 is 0 Å². The van der Waals surface area contributed by atoms with Gasteiger partial charge in [0.1, 0.15) is 5.75 Å². The molecule has 0 bridgehead atoms. The van der Waals surface area contributed by atoms with Crippen LogP contribution in [-0.4, -0.2) is 33.2 Å². The van der Waals surface area contributed by atoms with Gasteiger partial charge in [0.05, 0.1) is 18.5 Å². The second-order valence-corrected chi connectivity index (χ2v) is 8.29. The van der Waals surface area contributed by atoms with Crippen molar-refractivity contribution in [1.29, 1.82) is 0 Å². The fourth-order valence-corrected chi connectivity index (χ4v) is 3.63. The molecule has 3 rings (SSSR count). The SMILES string of the molecule is CS(=O)(=O)N1C[C@H](C(=O)Nc2ccc(Cl)cc2)Oc2ccc(Cl)cc21. The van der Waals surface area contributed by atoms with E-state index < -0.39 is 22.0 Å². The first-order valence-corrected chi connectivity index (χ1v) is 9.85. The van der Waals surface area contributed by atoms with Crippen LogP contribution in [0.15, 0.2) is 42.5 Å². The van der Waals surface area contributed by atoms with Gasteiger partial charge in [-0.1, -0.05) is 23.2 Å². The number of nitrogens with zero attached hydrogens (tertiary/aromatic N) is 1. The molecule has 1 aliphatic heterocycles. The molecule has 0 saturated heterocycles. The number of carbonyl (C=O) groups excluding carboxylic acids is 1. The first-order chi connectivity index (χ1) is 11.7. The number of benzene rings is 2. The molecule has 1 N–H and O–H groups in total. The molecule has 132 valence electrons. The van der Waals surface area contributed by atoms with E-state index >= 15 is 0 Å². The molecule has 0 aromatic heterocycles. The first-order valence-electron chi connectivity index (χ1n) is 7.24. The van der Waals surface area contributed by atoms with Crippen molar-refractivity contribution in [3.8, 4) is 5.75 Å². The van der Waals surface area contributed by atoms with Crippen molar-refractivity contribution in [2.45, 2.75) is 6.10 Å². The van der Waals surface area contributed by atoms with Gasteiger partial charge in [0.15, 0.2) is 6.10 Å². The Morgan fingerprint density at radius 3 is 2.44 bits per heavy atom. The summed E-state index contributed by atoms with van der Waals surface area (Å²) in [5.41, 5.74) is 0.844. The molecule has 1 atom stereocenters. The molecule has 6 nitrogen and oxygen atoms in total. The van der Waals surface area contributed by atoms with E-state index in [1.807, 2.05) is 0 Å². The van der Waals surface area contributed by atoms with E-state index in [0.29, 0.717) is 21.4 Å². The van der Waals surface area contributed by atoms with E-state index in [9.17, 15) is 13.2 Å². The number of hydrogen-bond donors (Lipinski definition) is 1. The van der Waals surface area contributed by atoms with Crippen molar-refractivity contribution in [3.05, 3.63) is 52.5 Å². The van der Waals surface area contributed by atoms with E-state index in [2.05, 4.69) is 5.32 Å². The summed E-state index contributed by atoms with van der Waals surface area (Å²) in [7, 11) is -3.60. The lowest BCUT2D eigenvalue weighted by Crippen LogP contribution is -2.48. The molecule has 0 unspecified atom stereocenters. The summed E-state index contributed by atoms with van der Waals surface area (Å²) < 4.78 is 31.0. The Hall–Kier alpha value is -1.96. The molecular weight excluding hydrogens is 387 g/mol. The van der Waals surface area contributed by atoms with Crippen LogP contribution in [0.25, 0.3) is 0 Å². The largest absolute Gasteiger partial charge is 0.476 e. The van der Waals surface area contributed by atoms with E-state index in [4.69, 9.17) is 27.9 Å². The van der Waals surface area contributed by atoms with Crippen LogP contribution in [0.5, 0.6) is 5.75 Å². The van der Waals surface area contributed by atoms with Crippen molar-refractivity contribution < 1.29 is 17.9 Å². The fraction of sp³-hybridized carbons (Fsp3) is 0.188. The molecule has 25 heavy (non-hydrogen) atoms. The highest BCUT2D eigenvalue weighted by atomic mass is 35.5. The van der Waals surface area contributed by atoms with Crippen LogP contribution in [0, 0.1) is 0 Å². The molecule has 1 aliphatic rings. The second kappa shape index (κ2) is 6.74. The highest BCUT2D eigenvalue weighted by Gasteiger charge is 2.35. The molecule has 9 heteroatoms. The number of hydrogen-bond acceptors (Lipinski definition) is 4. The topological polar surface area (TPSA) is 75.7 Å². The van der Waals surface area contributed by atoms with Gasteiger partial charge in [-0.25, -0.2) is 8.42 Å². The Kier molecular flexibility index (Phi) is 4.81. The number of rotatable bonds is 3. The Morgan fingerprint density at radius 1 is 1.16 bits per heavy atom. The summed E-state index contributed by atoms with van der Waals surface area (Å²) in [6.07, 6.45) is 0.0658. The van der Waals surface area contributed by atoms with E-state index in [1.165, 1.54) is 12.1 Å². The van der Waals surface area contributed by atoms with Gasteiger partial charge in [-0.05, 0) is 42.5 Å². The van der Waals surface area contributed by atoms with Crippen LogP contribution in [0.2, 0.25) is 10.0 Å². The molecule has 0 fully saturated rings. The Balaban J connectivity index is 1.87. The van der Waals surface area contributed by atoms with Gasteiger partial charge in [-0.2, -0.15) is 0 Å². The van der Waals surface area contributed by atoms with Crippen molar-refractivity contribution in [2.24, 2.45) is 0 Å². The Bertz CT molecular complexity index is 916. The van der Waals surface area contributed by atoms with Gasteiger partial charge < -0.3 is 10.1 Å². The molecule has 0 aliphatic carbocycles. The lowest BCUT2D eigenvalue weighted by Gasteiger charge is -2.34. The number of amides is 1. The standard InChI is InChI=1S/C16H14Cl2N2O4S/c1-25(22,23)20-9-15(24-14-7-4-11(18)8-13(14)20)16(21)19-12-5-2-10(17)3-6-12/h2-8,15H,9H2,1H3,(H,19,21)/t15-/m1/s1. The predicted octanol–water partition coefficient (Wildman–Crippen LogP) is 3.16. The highest BCUT2D eigenvalue weighted by Crippen LogP contribution is 2.37. The number of carbonyl (C=O) groups is 1. The maximum atomic E-state index is 12.5. The third-order valence-electron chi connectivity index (χ3n) is 3.60. The number of anilines is 2. The monoisotopic (exact) mass is 400 g/mol. The molecule has 2 aromatic rings. The number of sulfonamides is 1. The van der Waals surface area contributed by atoms with Crippen LogP contribution in [0.1, 0.15) is 0 Å². The average Bonchev–Trinajstić information content (AvgIpc) is 2.55. The van der Waals surface area contributed by atoms with Crippen LogP contribution < -0.4 is 14.4 Å². The summed E-state index contributed by atoms with van der Waals surface area (Å²) >= 11 is 11.8. The summed E-state index contributed by atoms with van der Waals surface area (Å²) in [6, 6.07) is 11.2. The quantitative estimate of drug-likeness (QED) is 0.858. The number of halogens is 2. The average molecular weight is 401 g/mol. The lowest BCUT2D eigenvalue weighted by atomic mass is 10.2. The number of nitrogens with one attached hydrogen (secondary N) is 1. The van der Waals surface area contributed by atoms with Gasteiger partial charge in [-0.15, -0.1) is 0 Å². The maximum Gasteiger partial charge on any atom is 0.267 e. The van der Waals surface area contributed by atoms with E-state index in [-0.39, 0.29) is 12.3 Å². The van der Waals surface area contributed by atoms with E-state index in [1.54, 1.807) is 30.3 Å². The molecule has 0 radical (unpaired) electrons. The van der Waals surface area contributed by atoms with Crippen molar-refractivity contribution in [3.63, 3.8) is 0 Å². The van der Waals surface area contributed by atoms with Crippen LogP contribution in [-0.2, 0) is 14.8 Å². The summed E-state index contributed by atoms with van der Waals surface area (Å²) in [6.45, 7) is -0.147. The second-order valence-electron chi connectivity index (χ2n) is 5.51. The summed E-state index contributed by atoms with van der Waals surface area (Å²) in [5, 5.41) is 3.60. The minimum absolute atomic E-state index is 0.147. The Labute approximate surface area is 155 Å². The minimum Gasteiger partial charge on any atom is -0.476 e. The van der Waals surface area contributed by atoms with Crippen molar-refractivity contribution >= 4 is 50.5 Å². The smallest absolute Gasteiger partial charge is 0.267 e. The lowest BCUT2D eigenvalue weighted by molar-refractivity contribution is -0.122. The van der Waals surface area contributed by atoms with Gasteiger partial charge in [0.25, 0.3) is 5.91 Å². The molecule has 2 aromatic carbocycles. The molecule has 0 spiro atoms. The zero-order valence-corrected chi connectivity index (χ0v) is 15.4. The van der Waals surface area contributed by atoms with Gasteiger partial charge in [-0.3, -0.25) is 9.10 Å². The zero-order valence-electron chi connectivity index (χ0n) is 13.1. The maximum absolute atomic E-state index is 12.5. The van der Waals surface area contributed by atoms with Crippen LogP contribution >= 0.6 is 23.2 Å². The van der Waals surface area contributed by atoms with E-state index in [0.717, 1.165) is 10.6 Å². The summed E-state index contributed by atoms with van der Waals surface area (Å²) in [5.74, 6) is -0.186. The first kappa shape index (κ1) is 17.8. The van der Waals surface area contributed by atoms with Crippen molar-refractivity contribution in [2.75, 3.05) is 22.4 Å². The van der Waals surface area contributed by atoms with Crippen LogP contribution in [0.3, 0.4) is 0 Å². The number of ether oxygens (including phenoxy) is 1. The minimum atomic E-state index is -3.60. The third-order valence-corrected chi connectivity index (χ3v) is 5.23. The Morgan fingerprint density at radius 2 is 1.80 bits per heavy atom. The predicted molar refractivity (Wildman–Crippen MR) is 98.1 cm³/mol. The normalized spacial score (nSPS) is 16.8. The number of fused-ring (bicyclic) bond motifs is 1. The summed E-state index contributed by atoms with van der Waals surface area (Å²) in [4.78, 5) is 12.5.